The van der Waals surface area contributed by atoms with Crippen LogP contribution in [-0.4, -0.2) is 17.4 Å². The smallest absolute Gasteiger partial charge is 0.171 e. The van der Waals surface area contributed by atoms with Gasteiger partial charge in [0.05, 0.1) is 11.5 Å². The Labute approximate surface area is 124 Å². The van der Waals surface area contributed by atoms with Crippen LogP contribution < -0.4 is 4.74 Å². The molecule has 0 amide bonds. The molecule has 4 heteroatoms. The molecule has 3 nitrogen and oxygen atoms in total. The van der Waals surface area contributed by atoms with Crippen LogP contribution >= 0.6 is 11.3 Å². The van der Waals surface area contributed by atoms with E-state index in [1.165, 1.54) is 11.3 Å². The number of thiazole rings is 1. The molecule has 0 saturated heterocycles. The van der Waals surface area contributed by atoms with Crippen molar-refractivity contribution >= 4 is 17.1 Å². The van der Waals surface area contributed by atoms with E-state index < -0.39 is 0 Å². The monoisotopic (exact) mass is 291 g/mol. The van der Waals surface area contributed by atoms with Gasteiger partial charge in [-0.1, -0.05) is 13.8 Å². The van der Waals surface area contributed by atoms with Crippen LogP contribution in [-0.2, 0) is 0 Å². The lowest BCUT2D eigenvalue weighted by atomic mass is 10.1. The molecule has 1 heterocycles. The Hall–Kier alpha value is -1.68. The van der Waals surface area contributed by atoms with E-state index in [-0.39, 0.29) is 5.78 Å². The lowest BCUT2D eigenvalue weighted by molar-refractivity contribution is 0.102. The first-order valence-corrected chi connectivity index (χ1v) is 7.64. The third kappa shape index (κ3) is 3.90. The highest BCUT2D eigenvalue weighted by Crippen LogP contribution is 2.29. The number of ketones is 1. The minimum absolute atomic E-state index is 0.0569. The highest BCUT2D eigenvalue weighted by Gasteiger charge is 2.09. The second-order valence-electron chi connectivity index (χ2n) is 4.00. The van der Waals surface area contributed by atoms with Gasteiger partial charge in [-0.2, -0.15) is 0 Å². The Bertz CT molecular complexity index is 576. The maximum absolute atomic E-state index is 11.2. The summed E-state index contributed by atoms with van der Waals surface area (Å²) in [5.74, 6) is 0.950. The molecule has 1 aromatic carbocycles. The van der Waals surface area contributed by atoms with Gasteiger partial charge in [0.25, 0.3) is 0 Å². The van der Waals surface area contributed by atoms with Gasteiger partial charge in [0.15, 0.2) is 5.78 Å². The van der Waals surface area contributed by atoms with Crippen molar-refractivity contribution in [3.63, 3.8) is 0 Å². The number of carbonyl (C=O) groups is 1. The molecule has 108 valence electrons. The van der Waals surface area contributed by atoms with Crippen molar-refractivity contribution in [3.05, 3.63) is 34.8 Å². The Morgan fingerprint density at radius 1 is 1.35 bits per heavy atom. The van der Waals surface area contributed by atoms with Crippen LogP contribution in [0.5, 0.6) is 5.75 Å². The van der Waals surface area contributed by atoms with Gasteiger partial charge in [-0.3, -0.25) is 4.79 Å². The summed E-state index contributed by atoms with van der Waals surface area (Å²) in [5, 5.41) is 0.867. The average Bonchev–Trinajstić information content (AvgIpc) is 2.93. The molecule has 0 aliphatic rings. The van der Waals surface area contributed by atoms with Crippen molar-refractivity contribution in [2.45, 2.75) is 34.6 Å². The van der Waals surface area contributed by atoms with Crippen LogP contribution in [0, 0.1) is 6.92 Å². The highest BCUT2D eigenvalue weighted by atomic mass is 32.1. The van der Waals surface area contributed by atoms with E-state index in [1.54, 1.807) is 13.1 Å². The van der Waals surface area contributed by atoms with E-state index in [9.17, 15) is 4.79 Å². The van der Waals surface area contributed by atoms with E-state index in [4.69, 9.17) is 4.74 Å². The zero-order valence-corrected chi connectivity index (χ0v) is 13.5. The molecule has 0 bridgehead atoms. The maximum atomic E-state index is 11.2. The van der Waals surface area contributed by atoms with Gasteiger partial charge in [0.2, 0.25) is 0 Å². The van der Waals surface area contributed by atoms with Crippen LogP contribution in [0.25, 0.3) is 10.6 Å². The summed E-state index contributed by atoms with van der Waals surface area (Å²) in [4.78, 5) is 16.2. The highest BCUT2D eigenvalue weighted by molar-refractivity contribution is 7.16. The summed E-state index contributed by atoms with van der Waals surface area (Å²) < 4.78 is 5.50. The number of aromatic nitrogens is 1. The number of aryl methyl sites for hydroxylation is 1. The summed E-state index contributed by atoms with van der Waals surface area (Å²) in [6.45, 7) is 10.2. The molecule has 2 rings (SSSR count). The Balaban J connectivity index is 0.000000956. The molecule has 0 N–H and O–H groups in total. The summed E-state index contributed by atoms with van der Waals surface area (Å²) >= 11 is 1.42. The van der Waals surface area contributed by atoms with E-state index in [2.05, 4.69) is 4.98 Å². The first-order valence-electron chi connectivity index (χ1n) is 6.82. The first kappa shape index (κ1) is 16.4. The van der Waals surface area contributed by atoms with E-state index >= 15 is 0 Å². The van der Waals surface area contributed by atoms with Gasteiger partial charge in [0, 0.05) is 18.7 Å². The van der Waals surface area contributed by atoms with Crippen molar-refractivity contribution in [1.29, 1.82) is 0 Å². The maximum Gasteiger partial charge on any atom is 0.171 e. The first-order chi connectivity index (χ1) is 9.61. The van der Waals surface area contributed by atoms with Gasteiger partial charge in [0.1, 0.15) is 10.8 Å². The SMILES string of the molecule is CC.CCOc1ccc(-c2ncc(C(C)=O)s2)cc1C. The summed E-state index contributed by atoms with van der Waals surface area (Å²) in [5.41, 5.74) is 2.10. The van der Waals surface area contributed by atoms with E-state index in [1.807, 2.05) is 45.9 Å². The Kier molecular flexibility index (Phi) is 6.39. The summed E-state index contributed by atoms with van der Waals surface area (Å²) in [6.07, 6.45) is 1.63. The third-order valence-corrected chi connectivity index (χ3v) is 3.72. The number of hydrogen-bond acceptors (Lipinski definition) is 4. The molecular weight excluding hydrogens is 270 g/mol. The lowest BCUT2D eigenvalue weighted by Gasteiger charge is -2.07. The third-order valence-electron chi connectivity index (χ3n) is 2.57. The second kappa shape index (κ2) is 7.80. The second-order valence-corrected chi connectivity index (χ2v) is 5.03. The van der Waals surface area contributed by atoms with Crippen molar-refractivity contribution in [1.82, 2.24) is 4.98 Å². The fraction of sp³-hybridized carbons (Fsp3) is 0.375. The molecule has 0 spiro atoms. The van der Waals surface area contributed by atoms with Crippen LogP contribution in [0.15, 0.2) is 24.4 Å². The van der Waals surface area contributed by atoms with Crippen molar-refractivity contribution in [3.8, 4) is 16.3 Å². The number of benzene rings is 1. The summed E-state index contributed by atoms with van der Waals surface area (Å²) in [6, 6.07) is 5.96. The standard InChI is InChI=1S/C14H15NO2S.C2H6/c1-4-17-12-6-5-11(7-9(12)2)14-15-8-13(18-14)10(3)16;1-2/h5-8H,4H2,1-3H3;1-2H3. The van der Waals surface area contributed by atoms with Gasteiger partial charge < -0.3 is 4.74 Å². The number of hydrogen-bond donors (Lipinski definition) is 0. The Morgan fingerprint density at radius 2 is 2.05 bits per heavy atom. The zero-order valence-electron chi connectivity index (χ0n) is 12.7. The molecule has 0 radical (unpaired) electrons. The predicted molar refractivity (Wildman–Crippen MR) is 84.8 cm³/mol. The minimum atomic E-state index is 0.0569. The van der Waals surface area contributed by atoms with Crippen molar-refractivity contribution < 1.29 is 9.53 Å². The van der Waals surface area contributed by atoms with Crippen LogP contribution in [0.3, 0.4) is 0 Å². The van der Waals surface area contributed by atoms with Crippen molar-refractivity contribution in [2.75, 3.05) is 6.61 Å². The normalized spacial score (nSPS) is 9.65. The molecule has 0 fully saturated rings. The zero-order chi connectivity index (χ0) is 15.1. The largest absolute Gasteiger partial charge is 0.494 e. The number of nitrogens with zero attached hydrogens (tertiary/aromatic N) is 1. The molecule has 20 heavy (non-hydrogen) atoms. The number of Topliss-reactive ketones (excluding diaryl/α,β-unsaturated/α-hetero) is 1. The summed E-state index contributed by atoms with van der Waals surface area (Å²) in [7, 11) is 0. The van der Waals surface area contributed by atoms with E-state index in [0.29, 0.717) is 11.5 Å². The topological polar surface area (TPSA) is 39.2 Å². The average molecular weight is 291 g/mol. The quantitative estimate of drug-likeness (QED) is 0.763. The molecule has 1 aromatic heterocycles. The van der Waals surface area contributed by atoms with E-state index in [0.717, 1.165) is 21.9 Å². The van der Waals surface area contributed by atoms with Crippen molar-refractivity contribution in [2.24, 2.45) is 0 Å². The molecule has 2 aromatic rings. The van der Waals surface area contributed by atoms with Gasteiger partial charge in [-0.15, -0.1) is 11.3 Å². The fourth-order valence-corrected chi connectivity index (χ4v) is 2.48. The van der Waals surface area contributed by atoms with Crippen LogP contribution in [0.4, 0.5) is 0 Å². The van der Waals surface area contributed by atoms with Gasteiger partial charge in [-0.25, -0.2) is 4.98 Å². The molecule has 0 unspecified atom stereocenters. The molecule has 0 aliphatic carbocycles. The van der Waals surface area contributed by atoms with Crippen LogP contribution in [0.1, 0.15) is 42.9 Å². The molecule has 0 atom stereocenters. The number of rotatable bonds is 4. The molecular formula is C16H21NO2S. The number of ether oxygens (including phenoxy) is 1. The van der Waals surface area contributed by atoms with Gasteiger partial charge >= 0.3 is 0 Å². The van der Waals surface area contributed by atoms with Crippen LogP contribution in [0.2, 0.25) is 0 Å². The molecule has 0 aliphatic heterocycles. The molecule has 0 saturated carbocycles. The predicted octanol–water partition coefficient (Wildman–Crippen LogP) is 4.75. The fourth-order valence-electron chi connectivity index (χ4n) is 1.67. The van der Waals surface area contributed by atoms with Gasteiger partial charge in [-0.05, 0) is 37.6 Å². The Morgan fingerprint density at radius 3 is 2.55 bits per heavy atom. The lowest BCUT2D eigenvalue weighted by Crippen LogP contribution is -1.93. The number of carbonyl (C=O) groups excluding carboxylic acids is 1. The minimum Gasteiger partial charge on any atom is -0.494 e.